The summed E-state index contributed by atoms with van der Waals surface area (Å²) >= 11 is 0. The molecule has 1 aliphatic heterocycles. The van der Waals surface area contributed by atoms with Crippen molar-refractivity contribution < 1.29 is 24.2 Å². The first-order valence-electron chi connectivity index (χ1n) is 5.87. The van der Waals surface area contributed by atoms with E-state index in [-0.39, 0.29) is 19.2 Å². The number of amides is 1. The van der Waals surface area contributed by atoms with Crippen molar-refractivity contribution in [2.75, 3.05) is 20.4 Å². The molecule has 0 radical (unpaired) electrons. The number of carbonyl (C=O) groups is 2. The number of fused-ring (bicyclic) bond motifs is 1. The summed E-state index contributed by atoms with van der Waals surface area (Å²) in [5, 5.41) is 8.84. The summed E-state index contributed by atoms with van der Waals surface area (Å²) in [5.41, 5.74) is 0.448. The quantitative estimate of drug-likeness (QED) is 0.885. The zero-order chi connectivity index (χ0) is 14.0. The van der Waals surface area contributed by atoms with Gasteiger partial charge >= 0.3 is 5.97 Å². The van der Waals surface area contributed by atoms with E-state index in [0.717, 1.165) is 0 Å². The fourth-order valence-corrected chi connectivity index (χ4v) is 1.82. The Morgan fingerprint density at radius 1 is 1.37 bits per heavy atom. The molecular weight excluding hydrogens is 250 g/mol. The van der Waals surface area contributed by atoms with Crippen molar-refractivity contribution in [1.29, 1.82) is 0 Å². The first-order valence-corrected chi connectivity index (χ1v) is 5.87. The third-order valence-corrected chi connectivity index (χ3v) is 2.94. The molecule has 102 valence electrons. The smallest absolute Gasteiger partial charge is 0.308 e. The lowest BCUT2D eigenvalue weighted by Gasteiger charge is -2.19. The molecule has 1 aromatic rings. The predicted molar refractivity (Wildman–Crippen MR) is 66.3 cm³/mol. The number of hydrogen-bond donors (Lipinski definition) is 1. The molecule has 1 N–H and O–H groups in total. The van der Waals surface area contributed by atoms with Crippen molar-refractivity contribution in [3.63, 3.8) is 0 Å². The minimum atomic E-state index is -0.926. The average Bonchev–Trinajstić information content (AvgIpc) is 2.84. The highest BCUT2D eigenvalue weighted by Crippen LogP contribution is 2.32. The number of aliphatic carboxylic acids is 1. The van der Waals surface area contributed by atoms with Crippen LogP contribution in [-0.2, 0) is 4.79 Å². The maximum atomic E-state index is 12.1. The number of benzene rings is 1. The first-order chi connectivity index (χ1) is 8.99. The van der Waals surface area contributed by atoms with Gasteiger partial charge in [0.05, 0.1) is 5.92 Å². The molecule has 1 aliphatic rings. The summed E-state index contributed by atoms with van der Waals surface area (Å²) in [6, 6.07) is 4.91. The van der Waals surface area contributed by atoms with Crippen LogP contribution in [0.15, 0.2) is 18.2 Å². The topological polar surface area (TPSA) is 76.1 Å². The molecule has 1 unspecified atom stereocenters. The summed E-state index contributed by atoms with van der Waals surface area (Å²) in [6.45, 7) is 1.87. The van der Waals surface area contributed by atoms with E-state index in [2.05, 4.69) is 0 Å². The van der Waals surface area contributed by atoms with E-state index in [1.807, 2.05) is 0 Å². The summed E-state index contributed by atoms with van der Waals surface area (Å²) in [4.78, 5) is 24.3. The zero-order valence-electron chi connectivity index (χ0n) is 10.8. The average molecular weight is 265 g/mol. The van der Waals surface area contributed by atoms with Crippen LogP contribution in [0.1, 0.15) is 17.3 Å². The number of rotatable bonds is 4. The van der Waals surface area contributed by atoms with Gasteiger partial charge in [-0.05, 0) is 18.2 Å². The van der Waals surface area contributed by atoms with Gasteiger partial charge < -0.3 is 19.5 Å². The SMILES string of the molecule is CC(CN(C)C(=O)c1ccc2c(c1)OCO2)C(=O)O. The molecule has 1 atom stereocenters. The van der Waals surface area contributed by atoms with Gasteiger partial charge in [0.2, 0.25) is 6.79 Å². The van der Waals surface area contributed by atoms with Gasteiger partial charge in [0.25, 0.3) is 5.91 Å². The Balaban J connectivity index is 2.09. The Bertz CT molecular complexity index is 514. The van der Waals surface area contributed by atoms with Crippen LogP contribution in [0.3, 0.4) is 0 Å². The van der Waals surface area contributed by atoms with E-state index in [4.69, 9.17) is 14.6 Å². The molecule has 0 bridgehead atoms. The normalized spacial score (nSPS) is 14.0. The number of carbonyl (C=O) groups excluding carboxylic acids is 1. The Kier molecular flexibility index (Phi) is 3.59. The van der Waals surface area contributed by atoms with Crippen LogP contribution in [0.5, 0.6) is 11.5 Å². The molecule has 0 fully saturated rings. The second-order valence-corrected chi connectivity index (χ2v) is 4.49. The minimum Gasteiger partial charge on any atom is -0.481 e. The molecule has 0 saturated carbocycles. The number of carboxylic acids is 1. The molecule has 0 aliphatic carbocycles. The van der Waals surface area contributed by atoms with Gasteiger partial charge in [-0.3, -0.25) is 9.59 Å². The van der Waals surface area contributed by atoms with E-state index < -0.39 is 11.9 Å². The lowest BCUT2D eigenvalue weighted by atomic mass is 10.1. The van der Waals surface area contributed by atoms with Crippen LogP contribution in [0.25, 0.3) is 0 Å². The van der Waals surface area contributed by atoms with Crippen LogP contribution in [0.4, 0.5) is 0 Å². The maximum Gasteiger partial charge on any atom is 0.308 e. The van der Waals surface area contributed by atoms with Gasteiger partial charge in [-0.15, -0.1) is 0 Å². The predicted octanol–water partition coefficient (Wildman–Crippen LogP) is 1.21. The van der Waals surface area contributed by atoms with E-state index >= 15 is 0 Å². The molecule has 0 saturated heterocycles. The number of carboxylic acid groups (broad SMARTS) is 1. The molecule has 1 amide bonds. The summed E-state index contributed by atoms with van der Waals surface area (Å²) < 4.78 is 10.4. The molecule has 1 heterocycles. The number of ether oxygens (including phenoxy) is 2. The molecular formula is C13H15NO5. The lowest BCUT2D eigenvalue weighted by molar-refractivity contribution is -0.141. The second kappa shape index (κ2) is 5.17. The molecule has 0 aromatic heterocycles. The largest absolute Gasteiger partial charge is 0.481 e. The highest BCUT2D eigenvalue weighted by molar-refractivity contribution is 5.95. The number of hydrogen-bond acceptors (Lipinski definition) is 4. The van der Waals surface area contributed by atoms with Crippen LogP contribution < -0.4 is 9.47 Å². The van der Waals surface area contributed by atoms with Crippen LogP contribution in [-0.4, -0.2) is 42.3 Å². The van der Waals surface area contributed by atoms with E-state index in [9.17, 15) is 9.59 Å². The van der Waals surface area contributed by atoms with Gasteiger partial charge in [-0.1, -0.05) is 6.92 Å². The van der Waals surface area contributed by atoms with Crippen molar-refractivity contribution in [2.24, 2.45) is 5.92 Å². The van der Waals surface area contributed by atoms with Crippen molar-refractivity contribution in [2.45, 2.75) is 6.92 Å². The Morgan fingerprint density at radius 3 is 2.74 bits per heavy atom. The highest BCUT2D eigenvalue weighted by Gasteiger charge is 2.21. The fraction of sp³-hybridized carbons (Fsp3) is 0.385. The van der Waals surface area contributed by atoms with Crippen molar-refractivity contribution in [3.05, 3.63) is 23.8 Å². The summed E-state index contributed by atoms with van der Waals surface area (Å²) in [5.74, 6) is -0.636. The molecule has 2 rings (SSSR count). The summed E-state index contributed by atoms with van der Waals surface area (Å²) in [6.07, 6.45) is 0. The molecule has 6 nitrogen and oxygen atoms in total. The van der Waals surface area contributed by atoms with Gasteiger partial charge in [0, 0.05) is 19.2 Å². The second-order valence-electron chi connectivity index (χ2n) is 4.49. The van der Waals surface area contributed by atoms with E-state index in [1.54, 1.807) is 32.2 Å². The van der Waals surface area contributed by atoms with Gasteiger partial charge in [-0.2, -0.15) is 0 Å². The Morgan fingerprint density at radius 2 is 2.05 bits per heavy atom. The van der Waals surface area contributed by atoms with Crippen LogP contribution in [0.2, 0.25) is 0 Å². The molecule has 1 aromatic carbocycles. The monoisotopic (exact) mass is 265 g/mol. The molecule has 6 heteroatoms. The third kappa shape index (κ3) is 2.78. The lowest BCUT2D eigenvalue weighted by Crippen LogP contribution is -2.33. The van der Waals surface area contributed by atoms with Crippen molar-refractivity contribution in [3.8, 4) is 11.5 Å². The van der Waals surface area contributed by atoms with Gasteiger partial charge in [-0.25, -0.2) is 0 Å². The highest BCUT2D eigenvalue weighted by atomic mass is 16.7. The van der Waals surface area contributed by atoms with Crippen molar-refractivity contribution >= 4 is 11.9 Å². The van der Waals surface area contributed by atoms with Crippen LogP contribution >= 0.6 is 0 Å². The molecule has 0 spiro atoms. The maximum absolute atomic E-state index is 12.1. The van der Waals surface area contributed by atoms with Crippen LogP contribution in [0, 0.1) is 5.92 Å². The van der Waals surface area contributed by atoms with Gasteiger partial charge in [0.1, 0.15) is 0 Å². The minimum absolute atomic E-state index is 0.152. The zero-order valence-corrected chi connectivity index (χ0v) is 10.8. The first kappa shape index (κ1) is 13.2. The summed E-state index contributed by atoms with van der Waals surface area (Å²) in [7, 11) is 1.58. The number of nitrogens with zero attached hydrogens (tertiary/aromatic N) is 1. The molecule has 19 heavy (non-hydrogen) atoms. The van der Waals surface area contributed by atoms with Gasteiger partial charge in [0.15, 0.2) is 11.5 Å². The fourth-order valence-electron chi connectivity index (χ4n) is 1.82. The Hall–Kier alpha value is -2.24. The standard InChI is InChI=1S/C13H15NO5/c1-8(13(16)17)6-14(2)12(15)9-3-4-10-11(5-9)19-7-18-10/h3-5,8H,6-7H2,1-2H3,(H,16,17). The Labute approximate surface area is 110 Å². The van der Waals surface area contributed by atoms with Crippen molar-refractivity contribution in [1.82, 2.24) is 4.90 Å². The van der Waals surface area contributed by atoms with E-state index in [0.29, 0.717) is 17.1 Å². The van der Waals surface area contributed by atoms with E-state index in [1.165, 1.54) is 4.90 Å². The third-order valence-electron chi connectivity index (χ3n) is 2.94.